The van der Waals surface area contributed by atoms with Crippen LogP contribution in [0.15, 0.2) is 18.2 Å². The molecule has 0 spiro atoms. The Kier molecular flexibility index (Phi) is 3.18. The third-order valence-electron chi connectivity index (χ3n) is 2.97. The van der Waals surface area contributed by atoms with Crippen molar-refractivity contribution in [2.24, 2.45) is 0 Å². The summed E-state index contributed by atoms with van der Waals surface area (Å²) in [5.41, 5.74) is -0.950. The minimum Gasteiger partial charge on any atom is -0.480 e. The van der Waals surface area contributed by atoms with Gasteiger partial charge in [-0.2, -0.15) is 13.2 Å². The van der Waals surface area contributed by atoms with Gasteiger partial charge in [-0.1, -0.05) is 6.07 Å². The Hall–Kier alpha value is -2.49. The number of rotatable bonds is 2. The molecule has 1 aromatic carbocycles. The average Bonchev–Trinajstić information content (AvgIpc) is 2.62. The second-order valence-electron chi connectivity index (χ2n) is 4.27. The van der Waals surface area contributed by atoms with E-state index in [-0.39, 0.29) is 10.9 Å². The van der Waals surface area contributed by atoms with Crippen LogP contribution >= 0.6 is 0 Å². The maximum Gasteiger partial charge on any atom is 0.408 e. The lowest BCUT2D eigenvalue weighted by molar-refractivity contribution is -0.137. The Morgan fingerprint density at radius 3 is 2.60 bits per heavy atom. The SMILES string of the molecule is [C-]#[N+]c1ccc2c(cc(C)n2CC(=O)O)c1C(F)(F)F. The van der Waals surface area contributed by atoms with E-state index in [0.717, 1.165) is 6.07 Å². The van der Waals surface area contributed by atoms with Crippen LogP contribution in [0.4, 0.5) is 18.9 Å². The molecule has 0 amide bonds. The minimum atomic E-state index is -4.67. The van der Waals surface area contributed by atoms with Crippen LogP contribution < -0.4 is 0 Å². The summed E-state index contributed by atoms with van der Waals surface area (Å²) in [6.07, 6.45) is -4.67. The molecule has 2 rings (SSSR count). The normalized spacial score (nSPS) is 11.6. The Labute approximate surface area is 111 Å². The van der Waals surface area contributed by atoms with Gasteiger partial charge in [-0.15, -0.1) is 0 Å². The standard InChI is InChI=1S/C13H9F3N2O2/c1-7-5-8-10(18(7)6-11(19)20)4-3-9(17-2)12(8)13(14,15)16/h3-5H,6H2,1H3,(H,19,20). The summed E-state index contributed by atoms with van der Waals surface area (Å²) in [7, 11) is 0. The van der Waals surface area contributed by atoms with E-state index in [9.17, 15) is 18.0 Å². The number of aliphatic carboxylic acids is 1. The summed E-state index contributed by atoms with van der Waals surface area (Å²) in [6, 6.07) is 3.67. The molecule has 20 heavy (non-hydrogen) atoms. The maximum absolute atomic E-state index is 13.1. The van der Waals surface area contributed by atoms with E-state index in [1.807, 2.05) is 0 Å². The molecular weight excluding hydrogens is 273 g/mol. The van der Waals surface area contributed by atoms with Gasteiger partial charge in [0, 0.05) is 16.6 Å². The van der Waals surface area contributed by atoms with E-state index >= 15 is 0 Å². The van der Waals surface area contributed by atoms with Crippen molar-refractivity contribution in [1.82, 2.24) is 4.57 Å². The zero-order valence-corrected chi connectivity index (χ0v) is 10.3. The molecule has 1 N–H and O–H groups in total. The smallest absolute Gasteiger partial charge is 0.408 e. The summed E-state index contributed by atoms with van der Waals surface area (Å²) in [5, 5.41) is 8.66. The molecule has 0 unspecified atom stereocenters. The first-order valence-corrected chi connectivity index (χ1v) is 5.55. The van der Waals surface area contributed by atoms with Gasteiger partial charge in [0.25, 0.3) is 0 Å². The van der Waals surface area contributed by atoms with Gasteiger partial charge in [0.1, 0.15) is 6.54 Å². The van der Waals surface area contributed by atoms with Crippen LogP contribution in [0.1, 0.15) is 11.3 Å². The fourth-order valence-corrected chi connectivity index (χ4v) is 2.19. The topological polar surface area (TPSA) is 46.6 Å². The molecule has 0 saturated carbocycles. The minimum absolute atomic E-state index is 0.148. The zero-order chi connectivity index (χ0) is 15.1. The average molecular weight is 282 g/mol. The fourth-order valence-electron chi connectivity index (χ4n) is 2.19. The number of hydrogen-bond acceptors (Lipinski definition) is 1. The molecule has 7 heteroatoms. The molecule has 0 aliphatic heterocycles. The second-order valence-corrected chi connectivity index (χ2v) is 4.27. The highest BCUT2D eigenvalue weighted by atomic mass is 19.4. The predicted octanol–water partition coefficient (Wildman–Crippen LogP) is 3.60. The summed E-state index contributed by atoms with van der Waals surface area (Å²) < 4.78 is 40.6. The molecule has 1 aromatic heterocycles. The van der Waals surface area contributed by atoms with E-state index in [1.165, 1.54) is 23.6 Å². The Morgan fingerprint density at radius 1 is 1.45 bits per heavy atom. The lowest BCUT2D eigenvalue weighted by atomic mass is 10.1. The number of carboxylic acid groups (broad SMARTS) is 1. The highest BCUT2D eigenvalue weighted by Gasteiger charge is 2.36. The highest BCUT2D eigenvalue weighted by molar-refractivity contribution is 5.91. The molecular formula is C13H9F3N2O2. The van der Waals surface area contributed by atoms with Crippen molar-refractivity contribution in [2.45, 2.75) is 19.6 Å². The first-order valence-electron chi connectivity index (χ1n) is 5.55. The molecule has 1 heterocycles. The molecule has 0 fully saturated rings. The van der Waals surface area contributed by atoms with Crippen LogP contribution in [0.25, 0.3) is 15.7 Å². The van der Waals surface area contributed by atoms with Crippen LogP contribution in [0, 0.1) is 13.5 Å². The number of benzene rings is 1. The third kappa shape index (κ3) is 2.20. The summed E-state index contributed by atoms with van der Waals surface area (Å²) in [6.45, 7) is 7.94. The lowest BCUT2D eigenvalue weighted by Crippen LogP contribution is -2.10. The van der Waals surface area contributed by atoms with Gasteiger partial charge in [-0.3, -0.25) is 4.79 Å². The molecule has 104 valence electrons. The van der Waals surface area contributed by atoms with Crippen molar-refractivity contribution in [1.29, 1.82) is 0 Å². The molecule has 0 aliphatic carbocycles. The largest absolute Gasteiger partial charge is 0.480 e. The number of fused-ring (bicyclic) bond motifs is 1. The van der Waals surface area contributed by atoms with Gasteiger partial charge in [-0.05, 0) is 19.1 Å². The van der Waals surface area contributed by atoms with Crippen molar-refractivity contribution in [3.05, 3.63) is 40.9 Å². The fraction of sp³-hybridized carbons (Fsp3) is 0.231. The van der Waals surface area contributed by atoms with Gasteiger partial charge < -0.3 is 9.67 Å². The second kappa shape index (κ2) is 4.56. The molecule has 4 nitrogen and oxygen atoms in total. The molecule has 0 aliphatic rings. The lowest BCUT2D eigenvalue weighted by Gasteiger charge is -2.11. The first-order chi connectivity index (χ1) is 9.25. The number of carbonyl (C=O) groups is 1. The highest BCUT2D eigenvalue weighted by Crippen LogP contribution is 2.42. The van der Waals surface area contributed by atoms with Gasteiger partial charge in [-0.25, -0.2) is 4.85 Å². The zero-order valence-electron chi connectivity index (χ0n) is 10.3. The number of carboxylic acids is 1. The van der Waals surface area contributed by atoms with Gasteiger partial charge in [0.15, 0.2) is 5.69 Å². The van der Waals surface area contributed by atoms with Crippen LogP contribution in [0.3, 0.4) is 0 Å². The van der Waals surface area contributed by atoms with Crippen LogP contribution in [0.2, 0.25) is 0 Å². The van der Waals surface area contributed by atoms with Crippen molar-refractivity contribution < 1.29 is 23.1 Å². The number of aryl methyl sites for hydroxylation is 1. The van der Waals surface area contributed by atoms with Gasteiger partial charge in [0.05, 0.1) is 12.1 Å². The van der Waals surface area contributed by atoms with E-state index in [1.54, 1.807) is 0 Å². The summed E-state index contributed by atoms with van der Waals surface area (Å²) in [5.74, 6) is -1.14. The number of nitrogens with zero attached hydrogens (tertiary/aromatic N) is 2. The number of aromatic nitrogens is 1. The van der Waals surface area contributed by atoms with Crippen molar-refractivity contribution in [3.63, 3.8) is 0 Å². The van der Waals surface area contributed by atoms with Gasteiger partial charge >= 0.3 is 12.1 Å². The Bertz CT molecular complexity index is 739. The predicted molar refractivity (Wildman–Crippen MR) is 65.6 cm³/mol. The number of alkyl halides is 3. The van der Waals surface area contributed by atoms with Crippen molar-refractivity contribution >= 4 is 22.6 Å². The van der Waals surface area contributed by atoms with E-state index in [2.05, 4.69) is 4.85 Å². The molecule has 0 atom stereocenters. The monoisotopic (exact) mass is 282 g/mol. The maximum atomic E-state index is 13.1. The molecule has 0 radical (unpaired) electrons. The Balaban J connectivity index is 2.84. The van der Waals surface area contributed by atoms with Crippen LogP contribution in [-0.4, -0.2) is 15.6 Å². The van der Waals surface area contributed by atoms with Crippen molar-refractivity contribution in [3.8, 4) is 0 Å². The van der Waals surface area contributed by atoms with Crippen LogP contribution in [-0.2, 0) is 17.5 Å². The molecule has 2 aromatic rings. The molecule has 0 saturated heterocycles. The molecule has 0 bridgehead atoms. The van der Waals surface area contributed by atoms with E-state index in [0.29, 0.717) is 5.69 Å². The van der Waals surface area contributed by atoms with E-state index < -0.39 is 29.9 Å². The quantitative estimate of drug-likeness (QED) is 0.855. The van der Waals surface area contributed by atoms with Crippen molar-refractivity contribution in [2.75, 3.05) is 0 Å². The first kappa shape index (κ1) is 13.9. The number of hydrogen-bond donors (Lipinski definition) is 1. The van der Waals surface area contributed by atoms with E-state index in [4.69, 9.17) is 11.7 Å². The Morgan fingerprint density at radius 2 is 2.10 bits per heavy atom. The number of halogens is 3. The summed E-state index contributed by atoms with van der Waals surface area (Å²) >= 11 is 0. The van der Waals surface area contributed by atoms with Crippen LogP contribution in [0.5, 0.6) is 0 Å². The van der Waals surface area contributed by atoms with Gasteiger partial charge in [0.2, 0.25) is 0 Å². The third-order valence-corrected chi connectivity index (χ3v) is 2.97. The summed E-state index contributed by atoms with van der Waals surface area (Å²) in [4.78, 5) is 13.7.